The highest BCUT2D eigenvalue weighted by molar-refractivity contribution is 7.89. The SMILES string of the molecule is Cc1nc2ccccc2n1CCCNC(=O)C1CCCCN1S(=O)(=O)c1ccccc1. The summed E-state index contributed by atoms with van der Waals surface area (Å²) in [6.07, 6.45) is 2.90. The number of nitrogens with one attached hydrogen (secondary N) is 1. The fourth-order valence-corrected chi connectivity index (χ4v) is 5.90. The second-order valence-corrected chi connectivity index (χ2v) is 9.77. The van der Waals surface area contributed by atoms with E-state index in [1.807, 2.05) is 31.2 Å². The standard InChI is InChI=1S/C23H28N4O3S/c1-18-25-20-12-5-6-13-21(20)26(18)16-9-15-24-23(28)22-14-7-8-17-27(22)31(29,30)19-10-3-2-4-11-19/h2-6,10-13,22H,7-9,14-17H2,1H3,(H,24,28). The van der Waals surface area contributed by atoms with Gasteiger partial charge in [0.25, 0.3) is 0 Å². The smallest absolute Gasteiger partial charge is 0.243 e. The van der Waals surface area contributed by atoms with Crippen molar-refractivity contribution < 1.29 is 13.2 Å². The van der Waals surface area contributed by atoms with Gasteiger partial charge in [-0.3, -0.25) is 4.79 Å². The van der Waals surface area contributed by atoms with Crippen LogP contribution in [-0.2, 0) is 21.4 Å². The number of amides is 1. The van der Waals surface area contributed by atoms with Crippen molar-refractivity contribution in [1.29, 1.82) is 0 Å². The minimum absolute atomic E-state index is 0.216. The van der Waals surface area contributed by atoms with Gasteiger partial charge in [-0.2, -0.15) is 4.31 Å². The number of para-hydroxylation sites is 2. The fourth-order valence-electron chi connectivity index (χ4n) is 4.23. The molecule has 0 radical (unpaired) electrons. The van der Waals surface area contributed by atoms with Crippen LogP contribution in [0.4, 0.5) is 0 Å². The van der Waals surface area contributed by atoms with Crippen LogP contribution in [0.1, 0.15) is 31.5 Å². The number of sulfonamides is 1. The molecule has 31 heavy (non-hydrogen) atoms. The Morgan fingerprint density at radius 2 is 1.84 bits per heavy atom. The number of carbonyl (C=O) groups is 1. The van der Waals surface area contributed by atoms with Gasteiger partial charge < -0.3 is 9.88 Å². The number of imidazole rings is 1. The molecule has 164 valence electrons. The molecule has 1 aromatic heterocycles. The van der Waals surface area contributed by atoms with Crippen molar-refractivity contribution in [2.75, 3.05) is 13.1 Å². The lowest BCUT2D eigenvalue weighted by molar-refractivity contribution is -0.125. The van der Waals surface area contributed by atoms with Crippen molar-refractivity contribution in [2.24, 2.45) is 0 Å². The number of carbonyl (C=O) groups excluding carboxylic acids is 1. The van der Waals surface area contributed by atoms with E-state index in [1.165, 1.54) is 4.31 Å². The van der Waals surface area contributed by atoms with Crippen molar-refractivity contribution in [1.82, 2.24) is 19.2 Å². The number of rotatable bonds is 7. The summed E-state index contributed by atoms with van der Waals surface area (Å²) in [5, 5.41) is 2.96. The van der Waals surface area contributed by atoms with Gasteiger partial charge in [0.1, 0.15) is 11.9 Å². The molecule has 2 aromatic carbocycles. The molecular weight excluding hydrogens is 412 g/mol. The molecule has 1 N–H and O–H groups in total. The molecule has 1 aliphatic heterocycles. The molecule has 0 saturated carbocycles. The first-order valence-electron chi connectivity index (χ1n) is 10.7. The summed E-state index contributed by atoms with van der Waals surface area (Å²) in [5.41, 5.74) is 2.05. The Labute approximate surface area is 183 Å². The van der Waals surface area contributed by atoms with Gasteiger partial charge in [-0.25, -0.2) is 13.4 Å². The summed E-state index contributed by atoms with van der Waals surface area (Å²) in [5.74, 6) is 0.728. The molecule has 4 rings (SSSR count). The molecule has 8 heteroatoms. The van der Waals surface area contributed by atoms with Crippen LogP contribution in [0.3, 0.4) is 0 Å². The molecule has 1 fully saturated rings. The summed E-state index contributed by atoms with van der Waals surface area (Å²) in [6.45, 7) is 3.58. The summed E-state index contributed by atoms with van der Waals surface area (Å²) >= 11 is 0. The Bertz CT molecular complexity index is 1160. The van der Waals surface area contributed by atoms with Crippen LogP contribution in [0, 0.1) is 6.92 Å². The van der Waals surface area contributed by atoms with Gasteiger partial charge in [-0.1, -0.05) is 36.8 Å². The molecule has 3 aromatic rings. The van der Waals surface area contributed by atoms with Crippen molar-refractivity contribution in [3.8, 4) is 0 Å². The highest BCUT2D eigenvalue weighted by atomic mass is 32.2. The molecular formula is C23H28N4O3S. The molecule has 0 aliphatic carbocycles. The van der Waals surface area contributed by atoms with E-state index in [0.29, 0.717) is 19.5 Å². The second kappa shape index (κ2) is 9.20. The van der Waals surface area contributed by atoms with Gasteiger partial charge in [-0.15, -0.1) is 0 Å². The van der Waals surface area contributed by atoms with Crippen LogP contribution in [0.15, 0.2) is 59.5 Å². The predicted octanol–water partition coefficient (Wildman–Crippen LogP) is 3.09. The van der Waals surface area contributed by atoms with Crippen molar-refractivity contribution >= 4 is 27.0 Å². The van der Waals surface area contributed by atoms with E-state index in [2.05, 4.69) is 14.9 Å². The number of aryl methyl sites for hydroxylation is 2. The maximum absolute atomic E-state index is 13.1. The zero-order chi connectivity index (χ0) is 21.8. The minimum Gasteiger partial charge on any atom is -0.355 e. The van der Waals surface area contributed by atoms with E-state index in [4.69, 9.17) is 0 Å². The molecule has 7 nitrogen and oxygen atoms in total. The Balaban J connectivity index is 1.38. The summed E-state index contributed by atoms with van der Waals surface area (Å²) < 4.78 is 29.7. The Morgan fingerprint density at radius 3 is 2.65 bits per heavy atom. The van der Waals surface area contributed by atoms with Gasteiger partial charge in [0.05, 0.1) is 15.9 Å². The second-order valence-electron chi connectivity index (χ2n) is 7.88. The van der Waals surface area contributed by atoms with Gasteiger partial charge in [0, 0.05) is 19.6 Å². The number of benzene rings is 2. The van der Waals surface area contributed by atoms with Crippen LogP contribution in [-0.4, -0.2) is 47.3 Å². The van der Waals surface area contributed by atoms with Gasteiger partial charge >= 0.3 is 0 Å². The van der Waals surface area contributed by atoms with E-state index in [0.717, 1.165) is 42.7 Å². The first-order valence-corrected chi connectivity index (χ1v) is 12.2. The molecule has 0 bridgehead atoms. The quantitative estimate of drug-likeness (QED) is 0.572. The Kier molecular flexibility index (Phi) is 6.38. The number of nitrogens with zero attached hydrogens (tertiary/aromatic N) is 3. The number of aromatic nitrogens is 2. The van der Waals surface area contributed by atoms with Crippen molar-refractivity contribution in [3.05, 3.63) is 60.4 Å². The average Bonchev–Trinajstić information content (AvgIpc) is 3.12. The van der Waals surface area contributed by atoms with Gasteiger partial charge in [0.2, 0.25) is 15.9 Å². The van der Waals surface area contributed by atoms with E-state index >= 15 is 0 Å². The number of piperidine rings is 1. The summed E-state index contributed by atoms with van der Waals surface area (Å²) in [6, 6.07) is 15.7. The van der Waals surface area contributed by atoms with Crippen LogP contribution in [0.25, 0.3) is 11.0 Å². The number of fused-ring (bicyclic) bond motifs is 1. The molecule has 1 unspecified atom stereocenters. The third-order valence-electron chi connectivity index (χ3n) is 5.81. The fraction of sp³-hybridized carbons (Fsp3) is 0.391. The lowest BCUT2D eigenvalue weighted by atomic mass is 10.0. The van der Waals surface area contributed by atoms with E-state index in [-0.39, 0.29) is 10.8 Å². The van der Waals surface area contributed by atoms with Crippen LogP contribution in [0.2, 0.25) is 0 Å². The van der Waals surface area contributed by atoms with E-state index < -0.39 is 16.1 Å². The Hall–Kier alpha value is -2.71. The largest absolute Gasteiger partial charge is 0.355 e. The molecule has 2 heterocycles. The molecule has 1 saturated heterocycles. The predicted molar refractivity (Wildman–Crippen MR) is 120 cm³/mol. The zero-order valence-corrected chi connectivity index (χ0v) is 18.5. The monoisotopic (exact) mass is 440 g/mol. The zero-order valence-electron chi connectivity index (χ0n) is 17.7. The first-order chi connectivity index (χ1) is 15.0. The first kappa shape index (κ1) is 21.5. The Morgan fingerprint density at radius 1 is 1.10 bits per heavy atom. The highest BCUT2D eigenvalue weighted by Gasteiger charge is 2.37. The van der Waals surface area contributed by atoms with Gasteiger partial charge in [-0.05, 0) is 50.5 Å². The minimum atomic E-state index is -3.69. The molecule has 1 amide bonds. The molecule has 1 atom stereocenters. The maximum atomic E-state index is 13.1. The highest BCUT2D eigenvalue weighted by Crippen LogP contribution is 2.25. The maximum Gasteiger partial charge on any atom is 0.243 e. The number of hydrogen-bond donors (Lipinski definition) is 1. The number of hydrogen-bond acceptors (Lipinski definition) is 4. The summed E-state index contributed by atoms with van der Waals surface area (Å²) in [4.78, 5) is 17.7. The lowest BCUT2D eigenvalue weighted by Crippen LogP contribution is -2.51. The summed E-state index contributed by atoms with van der Waals surface area (Å²) in [7, 11) is -3.69. The third-order valence-corrected chi connectivity index (χ3v) is 7.73. The third kappa shape index (κ3) is 4.50. The molecule has 1 aliphatic rings. The molecule has 0 spiro atoms. The van der Waals surface area contributed by atoms with Crippen LogP contribution >= 0.6 is 0 Å². The average molecular weight is 441 g/mol. The normalized spacial score (nSPS) is 17.6. The topological polar surface area (TPSA) is 84.3 Å². The van der Waals surface area contributed by atoms with Crippen LogP contribution < -0.4 is 5.32 Å². The van der Waals surface area contributed by atoms with E-state index in [1.54, 1.807) is 30.3 Å². The van der Waals surface area contributed by atoms with Gasteiger partial charge in [0.15, 0.2) is 0 Å². The van der Waals surface area contributed by atoms with Crippen molar-refractivity contribution in [3.63, 3.8) is 0 Å². The van der Waals surface area contributed by atoms with Crippen molar-refractivity contribution in [2.45, 2.75) is 50.1 Å². The van der Waals surface area contributed by atoms with Crippen LogP contribution in [0.5, 0.6) is 0 Å². The lowest BCUT2D eigenvalue weighted by Gasteiger charge is -2.33. The van der Waals surface area contributed by atoms with E-state index in [9.17, 15) is 13.2 Å².